The molecule has 0 aliphatic carbocycles. The number of ether oxygens (including phenoxy) is 1. The van der Waals surface area contributed by atoms with Crippen LogP contribution in [-0.2, 0) is 6.18 Å². The normalized spacial score (nSPS) is 11.1. The Kier molecular flexibility index (Phi) is 2.78. The van der Waals surface area contributed by atoms with Crippen LogP contribution in [-0.4, -0.2) is 13.8 Å². The predicted octanol–water partition coefficient (Wildman–Crippen LogP) is 3.05. The van der Waals surface area contributed by atoms with Crippen molar-refractivity contribution in [2.75, 3.05) is 7.11 Å². The van der Waals surface area contributed by atoms with Crippen molar-refractivity contribution in [1.29, 1.82) is 0 Å². The molecule has 0 fully saturated rings. The summed E-state index contributed by atoms with van der Waals surface area (Å²) in [6.45, 7) is 3.15. The fraction of sp³-hybridized carbons (Fsp3) is 0.222. The van der Waals surface area contributed by atoms with Crippen molar-refractivity contribution in [1.82, 2.24) is 0 Å². The van der Waals surface area contributed by atoms with Gasteiger partial charge in [-0.2, -0.15) is 13.2 Å². The molecule has 0 aliphatic heterocycles. The minimum absolute atomic E-state index is 0.165. The molecule has 0 spiro atoms. The highest BCUT2D eigenvalue weighted by Crippen LogP contribution is 2.38. The van der Waals surface area contributed by atoms with Gasteiger partial charge in [-0.1, -0.05) is 0 Å². The molecule has 0 atom stereocenters. The van der Waals surface area contributed by atoms with Crippen LogP contribution in [0.2, 0.25) is 0 Å². The van der Waals surface area contributed by atoms with Crippen molar-refractivity contribution in [3.63, 3.8) is 0 Å². The van der Waals surface area contributed by atoms with Gasteiger partial charge in [0.15, 0.2) is 0 Å². The lowest BCUT2D eigenvalue weighted by Crippen LogP contribution is -2.07. The number of aliphatic imine (C=N–C) groups is 1. The second-order valence-corrected chi connectivity index (χ2v) is 2.54. The molecule has 1 rings (SSSR count). The van der Waals surface area contributed by atoms with E-state index in [1.54, 1.807) is 0 Å². The highest BCUT2D eigenvalue weighted by Gasteiger charge is 2.34. The molecule has 5 heteroatoms. The van der Waals surface area contributed by atoms with Gasteiger partial charge in [-0.3, -0.25) is 4.99 Å². The van der Waals surface area contributed by atoms with Gasteiger partial charge in [0.25, 0.3) is 0 Å². The summed E-state index contributed by atoms with van der Waals surface area (Å²) in [5, 5.41) is 0. The van der Waals surface area contributed by atoms with E-state index in [0.29, 0.717) is 0 Å². The molecule has 0 saturated heterocycles. The van der Waals surface area contributed by atoms with Crippen LogP contribution >= 0.6 is 0 Å². The lowest BCUT2D eigenvalue weighted by Gasteiger charge is -2.11. The third-order valence-electron chi connectivity index (χ3n) is 1.67. The second kappa shape index (κ2) is 3.69. The molecule has 14 heavy (non-hydrogen) atoms. The Hall–Kier alpha value is -1.52. The Bertz CT molecular complexity index is 346. The first-order valence-electron chi connectivity index (χ1n) is 3.71. The molecule has 0 bridgehead atoms. The average molecular weight is 203 g/mol. The topological polar surface area (TPSA) is 21.6 Å². The number of benzene rings is 1. The van der Waals surface area contributed by atoms with E-state index in [1.165, 1.54) is 19.2 Å². The maximum atomic E-state index is 12.4. The van der Waals surface area contributed by atoms with Crippen LogP contribution in [0.5, 0.6) is 5.75 Å². The molecule has 1 aromatic carbocycles. The van der Waals surface area contributed by atoms with Gasteiger partial charge in [0, 0.05) is 0 Å². The molecule has 0 radical (unpaired) electrons. The summed E-state index contributed by atoms with van der Waals surface area (Å²) < 4.78 is 41.8. The number of hydrogen-bond acceptors (Lipinski definition) is 2. The summed E-state index contributed by atoms with van der Waals surface area (Å²) in [5.41, 5.74) is -0.678. The number of rotatable bonds is 2. The second-order valence-electron chi connectivity index (χ2n) is 2.54. The van der Waals surface area contributed by atoms with E-state index in [4.69, 9.17) is 0 Å². The number of halogens is 3. The minimum Gasteiger partial charge on any atom is -0.496 e. The van der Waals surface area contributed by atoms with Crippen molar-refractivity contribution < 1.29 is 17.9 Å². The molecule has 0 saturated carbocycles. The first-order chi connectivity index (χ1) is 6.49. The Balaban J connectivity index is 3.29. The molecule has 76 valence electrons. The minimum atomic E-state index is -4.44. The van der Waals surface area contributed by atoms with E-state index in [9.17, 15) is 13.2 Å². The van der Waals surface area contributed by atoms with Gasteiger partial charge in [-0.25, -0.2) is 0 Å². The molecule has 0 aliphatic rings. The predicted molar refractivity (Wildman–Crippen MR) is 47.2 cm³/mol. The van der Waals surface area contributed by atoms with E-state index in [-0.39, 0.29) is 11.4 Å². The monoisotopic (exact) mass is 203 g/mol. The van der Waals surface area contributed by atoms with Gasteiger partial charge >= 0.3 is 6.18 Å². The Morgan fingerprint density at radius 3 is 2.43 bits per heavy atom. The van der Waals surface area contributed by atoms with Gasteiger partial charge in [-0.15, -0.1) is 0 Å². The van der Waals surface area contributed by atoms with Gasteiger partial charge in [0.1, 0.15) is 5.75 Å². The van der Waals surface area contributed by atoms with Crippen molar-refractivity contribution in [2.24, 2.45) is 4.99 Å². The number of methoxy groups -OCH3 is 1. The van der Waals surface area contributed by atoms with Crippen molar-refractivity contribution >= 4 is 12.4 Å². The largest absolute Gasteiger partial charge is 0.496 e. The third-order valence-corrected chi connectivity index (χ3v) is 1.67. The van der Waals surface area contributed by atoms with Crippen LogP contribution in [0.15, 0.2) is 23.2 Å². The zero-order valence-electron chi connectivity index (χ0n) is 7.43. The Labute approximate surface area is 79.0 Å². The van der Waals surface area contributed by atoms with Gasteiger partial charge in [-0.05, 0) is 24.9 Å². The molecule has 2 nitrogen and oxygen atoms in total. The summed E-state index contributed by atoms with van der Waals surface area (Å²) in [4.78, 5) is 3.41. The number of hydrogen-bond donors (Lipinski definition) is 0. The lowest BCUT2D eigenvalue weighted by atomic mass is 10.1. The van der Waals surface area contributed by atoms with Crippen LogP contribution < -0.4 is 4.74 Å². The molecule has 0 amide bonds. The summed E-state index contributed by atoms with van der Waals surface area (Å²) in [7, 11) is 1.19. The SMILES string of the molecule is C=Nc1ccc(OC)c(C(F)(F)F)c1. The van der Waals surface area contributed by atoms with E-state index >= 15 is 0 Å². The first kappa shape index (κ1) is 10.6. The summed E-state index contributed by atoms with van der Waals surface area (Å²) in [5.74, 6) is -0.218. The maximum Gasteiger partial charge on any atom is 0.420 e. The molecule has 0 aromatic heterocycles. The van der Waals surface area contributed by atoms with Gasteiger partial charge in [0.2, 0.25) is 0 Å². The van der Waals surface area contributed by atoms with Crippen molar-refractivity contribution in [2.45, 2.75) is 6.18 Å². The van der Waals surface area contributed by atoms with E-state index in [2.05, 4.69) is 16.4 Å². The van der Waals surface area contributed by atoms with Crippen molar-refractivity contribution in [3.05, 3.63) is 23.8 Å². The lowest BCUT2D eigenvalue weighted by molar-refractivity contribution is -0.138. The summed E-state index contributed by atoms with van der Waals surface area (Å²) >= 11 is 0. The first-order valence-corrected chi connectivity index (χ1v) is 3.71. The third kappa shape index (κ3) is 2.04. The van der Waals surface area contributed by atoms with E-state index in [1.807, 2.05) is 0 Å². The molecule has 0 N–H and O–H groups in total. The van der Waals surface area contributed by atoms with Gasteiger partial charge in [0.05, 0.1) is 18.4 Å². The summed E-state index contributed by atoms with van der Waals surface area (Å²) in [6, 6.07) is 3.51. The quantitative estimate of drug-likeness (QED) is 0.677. The van der Waals surface area contributed by atoms with Crippen molar-refractivity contribution in [3.8, 4) is 5.75 Å². The standard InChI is InChI=1S/C9H8F3NO/c1-13-6-3-4-8(14-2)7(5-6)9(10,11)12/h3-5H,1H2,2H3. The smallest absolute Gasteiger partial charge is 0.420 e. The average Bonchev–Trinajstić information content (AvgIpc) is 2.15. The van der Waals surface area contributed by atoms with E-state index < -0.39 is 11.7 Å². The zero-order chi connectivity index (χ0) is 10.8. The van der Waals surface area contributed by atoms with Crippen LogP contribution in [0, 0.1) is 0 Å². The molecular formula is C9H8F3NO. The molecular weight excluding hydrogens is 195 g/mol. The fourth-order valence-corrected chi connectivity index (χ4v) is 1.02. The fourth-order valence-electron chi connectivity index (χ4n) is 1.02. The highest BCUT2D eigenvalue weighted by atomic mass is 19.4. The van der Waals surface area contributed by atoms with Crippen LogP contribution in [0.25, 0.3) is 0 Å². The van der Waals surface area contributed by atoms with Crippen LogP contribution in [0.1, 0.15) is 5.56 Å². The number of alkyl halides is 3. The summed E-state index contributed by atoms with van der Waals surface area (Å²) in [6.07, 6.45) is -4.44. The van der Waals surface area contributed by atoms with Gasteiger partial charge < -0.3 is 4.74 Å². The highest BCUT2D eigenvalue weighted by molar-refractivity contribution is 5.52. The molecule has 1 aromatic rings. The Morgan fingerprint density at radius 1 is 1.36 bits per heavy atom. The van der Waals surface area contributed by atoms with Crippen LogP contribution in [0.4, 0.5) is 18.9 Å². The van der Waals surface area contributed by atoms with Crippen LogP contribution in [0.3, 0.4) is 0 Å². The molecule has 0 heterocycles. The van der Waals surface area contributed by atoms with E-state index in [0.717, 1.165) is 6.07 Å². The number of nitrogens with zero attached hydrogens (tertiary/aromatic N) is 1. The Morgan fingerprint density at radius 2 is 2.00 bits per heavy atom. The zero-order valence-corrected chi connectivity index (χ0v) is 7.43. The maximum absolute atomic E-state index is 12.4. The molecule has 0 unspecified atom stereocenters.